The van der Waals surface area contributed by atoms with Crippen molar-refractivity contribution in [1.82, 2.24) is 24.5 Å². The Labute approximate surface area is 267 Å². The van der Waals surface area contributed by atoms with Crippen LogP contribution in [0.1, 0.15) is 56.3 Å². The van der Waals surface area contributed by atoms with E-state index >= 15 is 0 Å². The summed E-state index contributed by atoms with van der Waals surface area (Å²) in [7, 11) is -3.74. The van der Waals surface area contributed by atoms with Crippen molar-refractivity contribution in [2.24, 2.45) is 10.6 Å². The summed E-state index contributed by atoms with van der Waals surface area (Å²) in [5.41, 5.74) is -0.0216. The Morgan fingerprint density at radius 3 is 2.59 bits per heavy atom. The average molecular weight is 670 g/mol. The number of amides is 1. The Morgan fingerprint density at radius 2 is 1.96 bits per heavy atom. The molecule has 1 amide bonds. The fraction of sp³-hybridized carbons (Fsp3) is 0.633. The van der Waals surface area contributed by atoms with Gasteiger partial charge in [0.1, 0.15) is 17.9 Å². The summed E-state index contributed by atoms with van der Waals surface area (Å²) in [4.78, 5) is 27.3. The van der Waals surface area contributed by atoms with E-state index in [1.54, 1.807) is 13.8 Å². The number of piperidine rings is 1. The maximum atomic E-state index is 14.2. The fourth-order valence-electron chi connectivity index (χ4n) is 6.49. The van der Waals surface area contributed by atoms with Crippen LogP contribution < -0.4 is 19.5 Å². The largest absolute Gasteiger partial charge is 0.451 e. The van der Waals surface area contributed by atoms with Crippen molar-refractivity contribution in [2.45, 2.75) is 70.6 Å². The molecule has 5 rings (SSSR count). The second-order valence-corrected chi connectivity index (χ2v) is 14.1. The second kappa shape index (κ2) is 14.4. The first kappa shape index (κ1) is 34.3. The molecule has 16 heteroatoms. The number of carbonyl (C=O) groups excluding carboxylic acids is 1. The zero-order valence-electron chi connectivity index (χ0n) is 26.1. The number of ether oxygens (including phenoxy) is 2. The molecule has 2 aromatic rings. The van der Waals surface area contributed by atoms with Crippen LogP contribution in [0.25, 0.3) is 0 Å². The van der Waals surface area contributed by atoms with E-state index in [1.165, 1.54) is 18.6 Å². The van der Waals surface area contributed by atoms with E-state index in [2.05, 4.69) is 24.5 Å². The molecule has 1 spiro atoms. The highest BCUT2D eigenvalue weighted by Crippen LogP contribution is 2.45. The summed E-state index contributed by atoms with van der Waals surface area (Å²) in [5.74, 6) is -0.576. The predicted octanol–water partition coefficient (Wildman–Crippen LogP) is 3.16. The molecule has 3 fully saturated rings. The molecule has 0 radical (unpaired) electrons. The second-order valence-electron chi connectivity index (χ2n) is 12.8. The number of anilines is 1. The van der Waals surface area contributed by atoms with Gasteiger partial charge in [0.2, 0.25) is 0 Å². The third-order valence-corrected chi connectivity index (χ3v) is 9.67. The van der Waals surface area contributed by atoms with E-state index in [0.717, 1.165) is 75.4 Å². The molecule has 3 aliphatic heterocycles. The van der Waals surface area contributed by atoms with Crippen molar-refractivity contribution in [3.8, 4) is 11.5 Å². The van der Waals surface area contributed by atoms with Crippen molar-refractivity contribution < 1.29 is 35.9 Å². The molecule has 46 heavy (non-hydrogen) atoms. The predicted molar refractivity (Wildman–Crippen MR) is 165 cm³/mol. The Morgan fingerprint density at radius 1 is 1.22 bits per heavy atom. The molecule has 2 atom stereocenters. The van der Waals surface area contributed by atoms with Crippen LogP contribution in [-0.2, 0) is 14.9 Å². The van der Waals surface area contributed by atoms with Crippen LogP contribution >= 0.6 is 0 Å². The molecule has 254 valence electrons. The number of nitrogens with two attached hydrogens (primary N) is 1. The number of rotatable bonds is 12. The molecular weight excluding hydrogens is 627 g/mol. The summed E-state index contributed by atoms with van der Waals surface area (Å²) < 4.78 is 77.5. The topological polar surface area (TPSA) is 143 Å². The van der Waals surface area contributed by atoms with Gasteiger partial charge in [0, 0.05) is 37.1 Å². The van der Waals surface area contributed by atoms with Gasteiger partial charge < -0.3 is 24.2 Å². The lowest BCUT2D eigenvalue weighted by molar-refractivity contribution is -0.0120. The quantitative estimate of drug-likeness (QED) is 0.349. The van der Waals surface area contributed by atoms with Crippen LogP contribution in [0.5, 0.6) is 11.5 Å². The van der Waals surface area contributed by atoms with Crippen LogP contribution in [0.3, 0.4) is 0 Å². The molecule has 0 bridgehead atoms. The number of nitrogens with one attached hydrogen (secondary N) is 1. The van der Waals surface area contributed by atoms with Gasteiger partial charge in [-0.15, -0.1) is 0 Å². The van der Waals surface area contributed by atoms with Crippen LogP contribution in [-0.4, -0.2) is 105 Å². The van der Waals surface area contributed by atoms with Crippen molar-refractivity contribution in [2.75, 3.05) is 50.8 Å². The molecule has 1 aromatic heterocycles. The van der Waals surface area contributed by atoms with Gasteiger partial charge in [0.25, 0.3) is 22.5 Å². The Hall–Kier alpha value is -3.05. The lowest BCUT2D eigenvalue weighted by atomic mass is 9.72. The minimum absolute atomic E-state index is 0.0315. The highest BCUT2D eigenvalue weighted by molar-refractivity contribution is 7.87. The number of alkyl halides is 2. The molecule has 0 unspecified atom stereocenters. The summed E-state index contributed by atoms with van der Waals surface area (Å²) >= 11 is 0. The minimum Gasteiger partial charge on any atom is -0.451 e. The molecule has 3 N–H and O–H groups in total. The zero-order chi connectivity index (χ0) is 33.1. The lowest BCUT2D eigenvalue weighted by Gasteiger charge is -2.54. The Kier molecular flexibility index (Phi) is 10.7. The monoisotopic (exact) mass is 669 g/mol. The van der Waals surface area contributed by atoms with Gasteiger partial charge in [-0.25, -0.2) is 28.3 Å². The molecule has 0 aliphatic carbocycles. The Bertz CT molecular complexity index is 1460. The number of hydrogen-bond donors (Lipinski definition) is 2. The third kappa shape index (κ3) is 8.64. The van der Waals surface area contributed by atoms with E-state index < -0.39 is 40.9 Å². The van der Waals surface area contributed by atoms with E-state index in [1.807, 2.05) is 0 Å². The fourth-order valence-corrected chi connectivity index (χ4v) is 7.14. The smallest absolute Gasteiger partial charge is 0.274 e. The Balaban J connectivity index is 1.15. The molecule has 4 heterocycles. The zero-order valence-corrected chi connectivity index (χ0v) is 26.9. The lowest BCUT2D eigenvalue weighted by Crippen LogP contribution is -2.60. The molecule has 12 nitrogen and oxygen atoms in total. The molecule has 3 aliphatic rings. The number of hydrogen-bond acceptors (Lipinski definition) is 9. The SMILES string of the molecule is CC(C)N(CC(F)F)C(=O)c1cc(F)ccc1Oc1cncnc1N1CC2(CCN(CC[C@@H]3CC[C@@H](NS(N)(=O)=O)CO3)CC2)C1. The van der Waals surface area contributed by atoms with Crippen LogP contribution in [0.4, 0.5) is 19.0 Å². The van der Waals surface area contributed by atoms with Crippen LogP contribution in [0.2, 0.25) is 0 Å². The van der Waals surface area contributed by atoms with E-state index in [0.29, 0.717) is 18.8 Å². The number of carbonyl (C=O) groups is 1. The van der Waals surface area contributed by atoms with Gasteiger partial charge in [-0.1, -0.05) is 0 Å². The first-order chi connectivity index (χ1) is 21.8. The van der Waals surface area contributed by atoms with E-state index in [4.69, 9.17) is 14.6 Å². The van der Waals surface area contributed by atoms with Gasteiger partial charge in [-0.05, 0) is 77.2 Å². The summed E-state index contributed by atoms with van der Waals surface area (Å²) in [6, 6.07) is 2.64. The molecule has 1 aromatic carbocycles. The number of likely N-dealkylation sites (tertiary alicyclic amines) is 1. The van der Waals surface area contributed by atoms with Gasteiger partial charge in [-0.2, -0.15) is 13.1 Å². The summed E-state index contributed by atoms with van der Waals surface area (Å²) in [6.07, 6.45) is 4.64. The first-order valence-electron chi connectivity index (χ1n) is 15.6. The maximum Gasteiger partial charge on any atom is 0.274 e. The van der Waals surface area contributed by atoms with Crippen molar-refractivity contribution in [3.05, 3.63) is 42.1 Å². The van der Waals surface area contributed by atoms with Crippen LogP contribution in [0.15, 0.2) is 30.7 Å². The molecule has 3 saturated heterocycles. The normalized spacial score (nSPS) is 21.9. The standard InChI is InChI=1S/C30H42F3N7O5S/c1-20(2)40(15-27(32)33)29(41)24-13-21(31)3-6-25(24)45-26-14-35-19-36-28(26)39-17-30(18-39)8-11-38(12-9-30)10-7-23-5-4-22(16-44-23)37-46(34,42)43/h3,6,13-14,19-20,22-23,27,37H,4-5,7-12,15-18H2,1-2H3,(H2,34,42,43)/t22-,23+/m1/s1. The van der Waals surface area contributed by atoms with E-state index in [9.17, 15) is 26.4 Å². The van der Waals surface area contributed by atoms with Gasteiger partial charge in [0.15, 0.2) is 11.6 Å². The molecule has 0 saturated carbocycles. The van der Waals surface area contributed by atoms with Crippen LogP contribution in [0, 0.1) is 11.2 Å². The maximum absolute atomic E-state index is 14.2. The minimum atomic E-state index is -3.74. The van der Waals surface area contributed by atoms with Gasteiger partial charge in [0.05, 0.1) is 31.0 Å². The third-order valence-electron chi connectivity index (χ3n) is 9.01. The highest BCUT2D eigenvalue weighted by atomic mass is 32.2. The number of halogens is 3. The van der Waals surface area contributed by atoms with E-state index in [-0.39, 0.29) is 34.6 Å². The average Bonchev–Trinajstić information content (AvgIpc) is 2.98. The highest BCUT2D eigenvalue weighted by Gasteiger charge is 2.46. The van der Waals surface area contributed by atoms with Crippen molar-refractivity contribution >= 4 is 21.9 Å². The van der Waals surface area contributed by atoms with Gasteiger partial charge >= 0.3 is 0 Å². The van der Waals surface area contributed by atoms with Crippen molar-refractivity contribution in [1.29, 1.82) is 0 Å². The number of benzene rings is 1. The summed E-state index contributed by atoms with van der Waals surface area (Å²) in [6.45, 7) is 7.13. The number of aromatic nitrogens is 2. The van der Waals surface area contributed by atoms with Crippen molar-refractivity contribution in [3.63, 3.8) is 0 Å². The number of nitrogens with zero attached hydrogens (tertiary/aromatic N) is 5. The molecular formula is C30H42F3N7O5S. The summed E-state index contributed by atoms with van der Waals surface area (Å²) in [5, 5.41) is 5.06. The first-order valence-corrected chi connectivity index (χ1v) is 17.1. The van der Waals surface area contributed by atoms with Gasteiger partial charge in [-0.3, -0.25) is 4.79 Å².